The average Bonchev–Trinajstić information content (AvgIpc) is 1.57. The van der Waals surface area contributed by atoms with Gasteiger partial charge in [0.2, 0.25) is 0 Å². The number of hydrogen-bond acceptors (Lipinski definition) is 21. The Morgan fingerprint density at radius 2 is 1.10 bits per heavy atom. The van der Waals surface area contributed by atoms with E-state index in [1.807, 2.05) is 6.07 Å². The fourth-order valence-electron chi connectivity index (χ4n) is 13.4. The number of ether oxygens (including phenoxy) is 8. The zero-order valence-electron chi connectivity index (χ0n) is 55.2. The van der Waals surface area contributed by atoms with E-state index in [1.54, 1.807) is 85.3 Å². The van der Waals surface area contributed by atoms with E-state index in [0.29, 0.717) is 45.7 Å². The number of nitrogens with zero attached hydrogens (tertiary/aromatic N) is 9. The Hall–Kier alpha value is -7.05. The van der Waals surface area contributed by atoms with Crippen molar-refractivity contribution in [2.75, 3.05) is 31.3 Å². The van der Waals surface area contributed by atoms with Gasteiger partial charge in [0.05, 0.1) is 52.9 Å². The van der Waals surface area contributed by atoms with Crippen molar-refractivity contribution < 1.29 is 60.4 Å². The molecule has 0 radical (unpaired) electrons. The Labute approximate surface area is 574 Å². The zero-order chi connectivity index (χ0) is 68.5. The first-order valence-corrected chi connectivity index (χ1v) is 35.5. The van der Waals surface area contributed by atoms with Crippen LogP contribution in [0.25, 0.3) is 11.0 Å². The highest BCUT2D eigenvalue weighted by molar-refractivity contribution is 7.49. The first kappa shape index (κ1) is 71.2. The number of phosphoric acid groups is 1. The predicted molar refractivity (Wildman–Crippen MR) is 357 cm³/mol. The lowest BCUT2D eigenvalue weighted by molar-refractivity contribution is -0.200. The second-order valence-corrected chi connectivity index (χ2v) is 28.5. The third kappa shape index (κ3) is 16.3. The molecule has 4 aliphatic heterocycles. The lowest BCUT2D eigenvalue weighted by Gasteiger charge is -2.30. The maximum absolute atomic E-state index is 16.0. The minimum Gasteiger partial charge on any atom is -0.393 e. The minimum atomic E-state index is -5.07. The van der Waals surface area contributed by atoms with Gasteiger partial charge < -0.3 is 58.4 Å². The molecule has 7 aromatic rings. The van der Waals surface area contributed by atoms with Crippen LogP contribution in [-0.2, 0) is 66.4 Å². The van der Waals surface area contributed by atoms with Crippen molar-refractivity contribution in [2.45, 2.75) is 216 Å². The summed E-state index contributed by atoms with van der Waals surface area (Å²) in [6.07, 6.45) is 14.0. The highest BCUT2D eigenvalue weighted by Crippen LogP contribution is 2.57. The summed E-state index contributed by atoms with van der Waals surface area (Å²) in [4.78, 5) is 8.24. The standard InChI is InChI=1S/C70H83Cl2FN11O12P/c1-6-7-8-9-10-11-12-13-14-15-16-17-18-19-20-31-86-39-50(87-38-46-32-45(37-74)33-49(73)34-46)40-88-97(85,95-55-25-21-23-47(57(55)71)35-69(41-75)63-61(89-67(2,3)93-63)59(91-69)51-27-29-53-65(77)79-43-81-83(51)53)96-56-26-22-24-48(58(56)72)36-70(42-76)64-62(90-68(4,5)94-64)60(92-70)52-28-30-54-66(78)80-44-82-84(52)54/h21-30,32-34,43-44,50,59-64H,6-20,31,35-36,38-40H2,1-5H3,(H2,77,79,81)(H2,78,80,82)/t50-,59+,60+,61?,62?,63?,64?,69-,70-,97?/m1/s1. The molecular formula is C70H83Cl2FN11O12P. The van der Waals surface area contributed by atoms with Crippen LogP contribution in [0.3, 0.4) is 0 Å². The van der Waals surface area contributed by atoms with Gasteiger partial charge in [0.25, 0.3) is 0 Å². The Balaban J connectivity index is 0.852. The van der Waals surface area contributed by atoms with Gasteiger partial charge in [0.15, 0.2) is 45.9 Å². The number of fused-ring (bicyclic) bond motifs is 4. The summed E-state index contributed by atoms with van der Waals surface area (Å²) >= 11 is 14.7. The lowest BCUT2D eigenvalue weighted by atomic mass is 9.88. The fraction of sp³-hybridized carbons (Fsp3) is 0.529. The van der Waals surface area contributed by atoms with Crippen LogP contribution in [0.2, 0.25) is 10.0 Å². The molecule has 9 atom stereocenters. The van der Waals surface area contributed by atoms with Crippen LogP contribution in [0.5, 0.6) is 11.5 Å². The molecule has 3 aromatic carbocycles. The topological polar surface area (TPSA) is 302 Å². The monoisotopic (exact) mass is 1390 g/mol. The summed E-state index contributed by atoms with van der Waals surface area (Å²) in [7, 11) is -5.07. The van der Waals surface area contributed by atoms with E-state index >= 15 is 4.57 Å². The number of hydrogen-bond donors (Lipinski definition) is 2. The van der Waals surface area contributed by atoms with Crippen LogP contribution < -0.4 is 20.5 Å². The fourth-order valence-corrected chi connectivity index (χ4v) is 15.2. The molecule has 4 aliphatic rings. The van der Waals surface area contributed by atoms with Crippen LogP contribution in [0.15, 0.2) is 91.5 Å². The van der Waals surface area contributed by atoms with Crippen molar-refractivity contribution in [3.8, 4) is 29.7 Å². The van der Waals surface area contributed by atoms with E-state index in [1.165, 1.54) is 108 Å². The molecule has 0 saturated carbocycles. The molecule has 0 bridgehead atoms. The highest BCUT2D eigenvalue weighted by atomic mass is 35.5. The number of phosphoric ester groups is 1. The van der Waals surface area contributed by atoms with Crippen molar-refractivity contribution in [3.63, 3.8) is 0 Å². The van der Waals surface area contributed by atoms with Crippen LogP contribution in [0.4, 0.5) is 16.0 Å². The first-order chi connectivity index (χ1) is 46.7. The molecule has 0 amide bonds. The molecule has 23 nitrogen and oxygen atoms in total. The average molecular weight is 1390 g/mol. The Kier molecular flexibility index (Phi) is 22.8. The van der Waals surface area contributed by atoms with Gasteiger partial charge in [0.1, 0.15) is 84.4 Å². The highest BCUT2D eigenvalue weighted by Gasteiger charge is 2.66. The van der Waals surface area contributed by atoms with Crippen molar-refractivity contribution in [2.24, 2.45) is 0 Å². The molecular weight excluding hydrogens is 1310 g/mol. The number of anilines is 2. The number of nitriles is 3. The largest absolute Gasteiger partial charge is 0.587 e. The van der Waals surface area contributed by atoms with E-state index in [0.717, 1.165) is 31.7 Å². The third-order valence-electron chi connectivity index (χ3n) is 18.0. The molecule has 4 saturated heterocycles. The second kappa shape index (κ2) is 31.0. The van der Waals surface area contributed by atoms with Crippen molar-refractivity contribution in [1.82, 2.24) is 29.2 Å². The van der Waals surface area contributed by atoms with Crippen molar-refractivity contribution in [3.05, 3.63) is 141 Å². The molecule has 4 aromatic heterocycles. The smallest absolute Gasteiger partial charge is 0.393 e. The number of halogens is 3. The van der Waals surface area contributed by atoms with Crippen LogP contribution >= 0.6 is 31.0 Å². The Morgan fingerprint density at radius 1 is 0.629 bits per heavy atom. The third-order valence-corrected chi connectivity index (χ3v) is 20.2. The summed E-state index contributed by atoms with van der Waals surface area (Å²) in [5, 5.41) is 40.9. The molecule has 8 heterocycles. The lowest BCUT2D eigenvalue weighted by Crippen LogP contribution is -2.44. The summed E-state index contributed by atoms with van der Waals surface area (Å²) in [6, 6.07) is 27.0. The molecule has 4 unspecified atom stereocenters. The molecule has 97 heavy (non-hydrogen) atoms. The Morgan fingerprint density at radius 3 is 1.57 bits per heavy atom. The zero-order valence-corrected chi connectivity index (χ0v) is 57.6. The van der Waals surface area contributed by atoms with Gasteiger partial charge in [-0.15, -0.1) is 0 Å². The number of rotatable bonds is 34. The normalized spacial score (nSPS) is 24.0. The van der Waals surface area contributed by atoms with Gasteiger partial charge in [-0.3, -0.25) is 4.52 Å². The number of aromatic nitrogens is 6. The summed E-state index contributed by atoms with van der Waals surface area (Å²) in [6.45, 7) is 8.80. The molecule has 27 heteroatoms. The van der Waals surface area contributed by atoms with Gasteiger partial charge in [-0.25, -0.2) is 28.0 Å². The van der Waals surface area contributed by atoms with Gasteiger partial charge in [-0.2, -0.15) is 26.0 Å². The number of nitrogens with two attached hydrogens (primary N) is 2. The number of nitrogen functional groups attached to an aromatic ring is 2. The van der Waals surface area contributed by atoms with E-state index in [4.69, 9.17) is 86.1 Å². The van der Waals surface area contributed by atoms with E-state index in [-0.39, 0.29) is 64.8 Å². The second-order valence-electron chi connectivity index (χ2n) is 26.2. The first-order valence-electron chi connectivity index (χ1n) is 33.3. The van der Waals surface area contributed by atoms with Crippen molar-refractivity contribution in [1.29, 1.82) is 15.8 Å². The van der Waals surface area contributed by atoms with E-state index in [2.05, 4.69) is 39.2 Å². The van der Waals surface area contributed by atoms with Gasteiger partial charge in [-0.05, 0) is 105 Å². The number of benzene rings is 3. The molecule has 0 spiro atoms. The van der Waals surface area contributed by atoms with Crippen LogP contribution in [0, 0.1) is 39.8 Å². The summed E-state index contributed by atoms with van der Waals surface area (Å²) in [5.74, 6) is -2.85. The van der Waals surface area contributed by atoms with Gasteiger partial charge >= 0.3 is 7.82 Å². The number of unbranched alkanes of at least 4 members (excludes halogenated alkanes) is 14. The summed E-state index contributed by atoms with van der Waals surface area (Å²) in [5.41, 5.74) is 12.1. The predicted octanol–water partition coefficient (Wildman–Crippen LogP) is 14.5. The molecule has 11 rings (SSSR count). The van der Waals surface area contributed by atoms with Gasteiger partial charge in [0, 0.05) is 19.4 Å². The quantitative estimate of drug-likeness (QED) is 0.0280. The molecule has 516 valence electrons. The molecule has 4 N–H and O–H groups in total. The maximum atomic E-state index is 16.0. The molecule has 4 fully saturated rings. The maximum Gasteiger partial charge on any atom is 0.587 e. The Bertz CT molecular complexity index is 3890. The van der Waals surface area contributed by atoms with Crippen LogP contribution in [-0.4, -0.2) is 102 Å². The van der Waals surface area contributed by atoms with Crippen LogP contribution in [0.1, 0.15) is 177 Å². The minimum absolute atomic E-state index is 0.0752. The van der Waals surface area contributed by atoms with Crippen molar-refractivity contribution >= 4 is 53.7 Å². The SMILES string of the molecule is CCCCCCCCCCCCCCCCCOC[C@H](COP(=O)(Oc1cccc(C[C@]2(C#N)O[C@@H](c3ccc4c(N)ncnn34)C3OC(C)(C)OC32)c1Cl)Oc1cccc(C[C@]2(C#N)O[C@@H](c3ccc4c(N)ncnn34)C3OC(C)(C)OC32)c1Cl)OCc1cc(F)cc(C#N)c1. The van der Waals surface area contributed by atoms with E-state index < -0.39 is 85.8 Å². The van der Waals surface area contributed by atoms with E-state index in [9.17, 15) is 20.2 Å². The van der Waals surface area contributed by atoms with Gasteiger partial charge in [-0.1, -0.05) is 144 Å². The molecule has 0 aliphatic carbocycles. The summed E-state index contributed by atoms with van der Waals surface area (Å²) < 4.78 is 105.